The second-order valence-corrected chi connectivity index (χ2v) is 10.5. The van der Waals surface area contributed by atoms with Crippen molar-refractivity contribution in [3.05, 3.63) is 94.2 Å². The lowest BCUT2D eigenvalue weighted by Crippen LogP contribution is -2.74. The van der Waals surface area contributed by atoms with Crippen LogP contribution in [0.3, 0.4) is 0 Å². The van der Waals surface area contributed by atoms with Crippen LogP contribution in [-0.2, 0) is 26.2 Å². The number of ketones is 1. The summed E-state index contributed by atoms with van der Waals surface area (Å²) in [5.41, 5.74) is 9.85. The summed E-state index contributed by atoms with van der Waals surface area (Å²) in [5, 5.41) is 26.9. The number of hydrogen-bond acceptors (Lipinski definition) is 7. The number of Topliss-reactive ketones (excluding diaryl/α,β-unsaturated/α-hetero) is 1. The highest BCUT2D eigenvalue weighted by molar-refractivity contribution is 7.09. The molecular weight excluding hydrogens is 502 g/mol. The largest absolute Gasteiger partial charge is 0.480 e. The summed E-state index contributed by atoms with van der Waals surface area (Å²) in [6.07, 6.45) is 0.744. The molecule has 3 atom stereocenters. The molecule has 198 valence electrons. The maximum atomic E-state index is 14.9. The highest BCUT2D eigenvalue weighted by atomic mass is 32.1. The molecule has 1 fully saturated rings. The minimum Gasteiger partial charge on any atom is -0.480 e. The fourth-order valence-corrected chi connectivity index (χ4v) is 6.42. The van der Waals surface area contributed by atoms with Gasteiger partial charge >= 0.3 is 5.97 Å². The summed E-state index contributed by atoms with van der Waals surface area (Å²) < 4.78 is 0. The van der Waals surface area contributed by atoms with Crippen LogP contribution in [0.15, 0.2) is 78.2 Å². The van der Waals surface area contributed by atoms with Crippen LogP contribution in [0.5, 0.6) is 0 Å². The summed E-state index contributed by atoms with van der Waals surface area (Å²) in [7, 11) is 0. The van der Waals surface area contributed by atoms with Crippen molar-refractivity contribution in [2.45, 2.75) is 42.3 Å². The van der Waals surface area contributed by atoms with Gasteiger partial charge in [-0.25, -0.2) is 0 Å². The van der Waals surface area contributed by atoms with Gasteiger partial charge in [-0.1, -0.05) is 66.7 Å². The summed E-state index contributed by atoms with van der Waals surface area (Å²) >= 11 is 1.42. The van der Waals surface area contributed by atoms with Crippen molar-refractivity contribution in [3.8, 4) is 0 Å². The molecule has 9 nitrogen and oxygen atoms in total. The van der Waals surface area contributed by atoms with Crippen molar-refractivity contribution in [3.63, 3.8) is 0 Å². The van der Waals surface area contributed by atoms with Crippen LogP contribution >= 0.6 is 11.3 Å². The van der Waals surface area contributed by atoms with Gasteiger partial charge < -0.3 is 16.6 Å². The summed E-state index contributed by atoms with van der Waals surface area (Å²) in [6.45, 7) is -0.558. The Morgan fingerprint density at radius 2 is 1.53 bits per heavy atom. The lowest BCUT2D eigenvalue weighted by molar-refractivity contribution is -0.137. The van der Waals surface area contributed by atoms with Crippen molar-refractivity contribution in [1.29, 1.82) is 5.41 Å². The molecule has 2 unspecified atom stereocenters. The van der Waals surface area contributed by atoms with Gasteiger partial charge in [-0.3, -0.25) is 30.4 Å². The third kappa shape index (κ3) is 4.85. The zero-order chi connectivity index (χ0) is 27.3. The molecule has 2 aromatic carbocycles. The van der Waals surface area contributed by atoms with Crippen molar-refractivity contribution in [2.75, 3.05) is 6.54 Å². The Kier molecular flexibility index (Phi) is 8.05. The number of carboxylic acid groups (broad SMARTS) is 1. The molecule has 38 heavy (non-hydrogen) atoms. The maximum absolute atomic E-state index is 14.9. The van der Waals surface area contributed by atoms with Crippen LogP contribution in [0.4, 0.5) is 0 Å². The molecule has 0 radical (unpaired) electrons. The second-order valence-electron chi connectivity index (χ2n) is 9.42. The predicted octanol–water partition coefficient (Wildman–Crippen LogP) is 1.80. The van der Waals surface area contributed by atoms with Crippen molar-refractivity contribution < 1.29 is 19.5 Å². The molecule has 3 aromatic rings. The number of nitrogens with two attached hydrogens (primary N) is 2. The molecule has 1 aliphatic rings. The highest BCUT2D eigenvalue weighted by Gasteiger charge is 2.62. The van der Waals surface area contributed by atoms with Crippen molar-refractivity contribution >= 4 is 34.8 Å². The van der Waals surface area contributed by atoms with Crippen molar-refractivity contribution in [2.24, 2.45) is 11.5 Å². The number of carbonyl (C=O) groups is 3. The van der Waals surface area contributed by atoms with Gasteiger partial charge in [0.25, 0.3) is 0 Å². The van der Waals surface area contributed by atoms with E-state index in [2.05, 4.69) is 10.6 Å². The van der Waals surface area contributed by atoms with E-state index < -0.39 is 41.5 Å². The Balaban J connectivity index is 2.06. The molecule has 2 heterocycles. The molecule has 0 aliphatic carbocycles. The molecule has 4 rings (SSSR count). The topological polar surface area (TPSA) is 171 Å². The van der Waals surface area contributed by atoms with E-state index in [-0.39, 0.29) is 18.0 Å². The molecule has 0 saturated carbocycles. The minimum absolute atomic E-state index is 0.0551. The summed E-state index contributed by atoms with van der Waals surface area (Å²) in [6, 6.07) is 20.2. The lowest BCUT2D eigenvalue weighted by Gasteiger charge is -2.51. The van der Waals surface area contributed by atoms with Gasteiger partial charge in [0.1, 0.15) is 16.8 Å². The van der Waals surface area contributed by atoms with E-state index in [4.69, 9.17) is 16.9 Å². The van der Waals surface area contributed by atoms with Crippen molar-refractivity contribution in [1.82, 2.24) is 10.6 Å². The fraction of sp³-hybridized carbons (Fsp3) is 0.286. The maximum Gasteiger partial charge on any atom is 0.317 e. The Hall–Kier alpha value is -3.86. The van der Waals surface area contributed by atoms with E-state index in [9.17, 15) is 19.5 Å². The molecule has 1 aromatic heterocycles. The number of hydrogen-bond donors (Lipinski definition) is 6. The Morgan fingerprint density at radius 3 is 1.97 bits per heavy atom. The fourth-order valence-electron chi connectivity index (χ4n) is 5.64. The van der Waals surface area contributed by atoms with Gasteiger partial charge in [-0.15, -0.1) is 11.3 Å². The van der Waals surface area contributed by atoms with E-state index in [1.807, 2.05) is 29.6 Å². The van der Waals surface area contributed by atoms with Gasteiger partial charge in [0.15, 0.2) is 5.78 Å². The number of rotatable bonds is 12. The van der Waals surface area contributed by atoms with Gasteiger partial charge in [0, 0.05) is 11.3 Å². The molecule has 8 N–H and O–H groups in total. The third-order valence-electron chi connectivity index (χ3n) is 7.25. The average Bonchev–Trinajstić information content (AvgIpc) is 3.61. The standard InChI is InChI=1S/C28H31N5O4S/c29-25(37)22-14-13-21(33-22)24(36)27(32-17-23(34)35,16-20-12-7-15-38-20)28(26(30)31,18-8-3-1-4-9-18)19-10-5-2-6-11-19/h1-12,15,21-22,32-33H,13-14,16-17H2,(H2,29,37)(H3,30,31)(H,34,35)/t21?,22?,27-/m0/s1. The number of carbonyl (C=O) groups excluding carboxylic acids is 2. The molecule has 0 spiro atoms. The van der Waals surface area contributed by atoms with E-state index >= 15 is 0 Å². The first-order chi connectivity index (χ1) is 18.2. The number of nitrogens with one attached hydrogen (secondary N) is 3. The predicted molar refractivity (Wildman–Crippen MR) is 146 cm³/mol. The van der Waals surface area contributed by atoms with Gasteiger partial charge in [0.05, 0.1) is 18.6 Å². The Labute approximate surface area is 224 Å². The van der Waals surface area contributed by atoms with Crippen LogP contribution in [0.2, 0.25) is 0 Å². The Bertz CT molecular complexity index is 1260. The van der Waals surface area contributed by atoms with E-state index in [1.165, 1.54) is 11.3 Å². The van der Waals surface area contributed by atoms with Gasteiger partial charge in [-0.2, -0.15) is 0 Å². The number of aliphatic carboxylic acids is 1. The number of thiophene rings is 1. The summed E-state index contributed by atoms with van der Waals surface area (Å²) in [4.78, 5) is 39.6. The number of carboxylic acids is 1. The monoisotopic (exact) mass is 533 g/mol. The zero-order valence-electron chi connectivity index (χ0n) is 20.7. The summed E-state index contributed by atoms with van der Waals surface area (Å²) in [5.74, 6) is -2.44. The zero-order valence-corrected chi connectivity index (χ0v) is 21.5. The smallest absolute Gasteiger partial charge is 0.317 e. The molecule has 0 bridgehead atoms. The number of amides is 1. The lowest BCUT2D eigenvalue weighted by atomic mass is 9.56. The van der Waals surface area contributed by atoms with E-state index in [0.29, 0.717) is 24.0 Å². The first-order valence-electron chi connectivity index (χ1n) is 12.3. The normalized spacial score (nSPS) is 18.9. The molecular formula is C28H31N5O4S. The van der Waals surface area contributed by atoms with E-state index in [0.717, 1.165) is 4.88 Å². The van der Waals surface area contributed by atoms with Crippen LogP contribution < -0.4 is 22.1 Å². The Morgan fingerprint density at radius 1 is 0.947 bits per heavy atom. The first kappa shape index (κ1) is 27.2. The number of amidine groups is 1. The average molecular weight is 534 g/mol. The highest BCUT2D eigenvalue weighted by Crippen LogP contribution is 2.46. The quantitative estimate of drug-likeness (QED) is 0.152. The number of benzene rings is 2. The first-order valence-corrected chi connectivity index (χ1v) is 13.1. The minimum atomic E-state index is -1.73. The van der Waals surface area contributed by atoms with Gasteiger partial charge in [-0.05, 0) is 35.4 Å². The third-order valence-corrected chi connectivity index (χ3v) is 8.12. The molecule has 1 amide bonds. The molecule has 10 heteroatoms. The van der Waals surface area contributed by atoms with Crippen LogP contribution in [0.25, 0.3) is 0 Å². The van der Waals surface area contributed by atoms with Crippen LogP contribution in [-0.4, -0.2) is 52.8 Å². The van der Waals surface area contributed by atoms with Gasteiger partial charge in [0.2, 0.25) is 5.91 Å². The molecule has 1 saturated heterocycles. The van der Waals surface area contributed by atoms with Crippen LogP contribution in [0, 0.1) is 5.41 Å². The SMILES string of the molecule is N=C(N)C(c1ccccc1)(c1ccccc1)[C@@](Cc1cccs1)(NCC(=O)O)C(=O)C1CCC(C(N)=O)N1. The van der Waals surface area contributed by atoms with Crippen LogP contribution in [0.1, 0.15) is 28.8 Å². The second kappa shape index (κ2) is 11.3. The number of primary amides is 1. The molecule has 1 aliphatic heterocycles. The van der Waals surface area contributed by atoms with E-state index in [1.54, 1.807) is 48.5 Å².